The van der Waals surface area contributed by atoms with Gasteiger partial charge in [-0.3, -0.25) is 0 Å². The van der Waals surface area contributed by atoms with Crippen molar-refractivity contribution in [2.45, 2.75) is 59.8 Å². The first-order valence-electron chi connectivity index (χ1n) is 9.22. The van der Waals surface area contributed by atoms with Crippen LogP contribution in [0.1, 0.15) is 59.8 Å². The van der Waals surface area contributed by atoms with Crippen molar-refractivity contribution in [3.63, 3.8) is 0 Å². The van der Waals surface area contributed by atoms with Gasteiger partial charge in [-0.15, -0.1) is 0 Å². The van der Waals surface area contributed by atoms with E-state index in [0.29, 0.717) is 17.7 Å². The third-order valence-corrected chi connectivity index (χ3v) is 10.8. The van der Waals surface area contributed by atoms with Crippen molar-refractivity contribution in [3.05, 3.63) is 20.6 Å². The summed E-state index contributed by atoms with van der Waals surface area (Å²) in [5.74, 6) is 3.21. The molecule has 2 nitrogen and oxygen atoms in total. The van der Waals surface area contributed by atoms with Gasteiger partial charge < -0.3 is 0 Å². The van der Waals surface area contributed by atoms with Gasteiger partial charge in [0.25, 0.3) is 0 Å². The Bertz CT molecular complexity index is 657. The molecule has 1 N–H and O–H groups in total. The fourth-order valence-corrected chi connectivity index (χ4v) is 9.53. The predicted octanol–water partition coefficient (Wildman–Crippen LogP) is 4.15. The Morgan fingerprint density at radius 1 is 1.13 bits per heavy atom. The molecule has 4 fully saturated rings. The van der Waals surface area contributed by atoms with Gasteiger partial charge >= 0.3 is 146 Å². The van der Waals surface area contributed by atoms with E-state index in [-0.39, 0.29) is 5.41 Å². The first-order chi connectivity index (χ1) is 10.8. The molecule has 3 heteroatoms. The van der Waals surface area contributed by atoms with Crippen LogP contribution in [0.5, 0.6) is 0 Å². The van der Waals surface area contributed by atoms with Crippen LogP contribution in [0, 0.1) is 29.1 Å². The van der Waals surface area contributed by atoms with E-state index >= 15 is 0 Å². The fourth-order valence-electron chi connectivity index (χ4n) is 6.35. The molecule has 0 aromatic carbocycles. The summed E-state index contributed by atoms with van der Waals surface area (Å²) >= 11 is -1.95. The van der Waals surface area contributed by atoms with Crippen LogP contribution in [-0.2, 0) is 22.5 Å². The first kappa shape index (κ1) is 16.0. The van der Waals surface area contributed by atoms with E-state index in [9.17, 15) is 4.79 Å². The van der Waals surface area contributed by atoms with Crippen LogP contribution in [0.3, 0.4) is 0 Å². The van der Waals surface area contributed by atoms with E-state index in [0.717, 1.165) is 24.7 Å². The molecule has 0 spiro atoms. The Labute approximate surface area is 146 Å². The molecule has 5 aliphatic carbocycles. The molecule has 4 saturated carbocycles. The Balaban J connectivity index is 1.54. The summed E-state index contributed by atoms with van der Waals surface area (Å²) in [7, 11) is 0. The zero-order chi connectivity index (χ0) is 16.5. The molecule has 124 valence electrons. The summed E-state index contributed by atoms with van der Waals surface area (Å²) in [6.45, 7) is 8.97. The molecule has 5 aliphatic rings. The standard InChI is InChI=1S/C10H15NO.C9H13.CH2.Ti/c11-9(12)10-4-6-1-7(5-10)3-8(10)2-6;1-6-5-7(2)9(4)8(6)3;;/h6-8H,1-5H2,(H2,11,12);6H,1-4H3;1H2;/q;;;+1/p-1. The molecule has 0 saturated heterocycles. The van der Waals surface area contributed by atoms with E-state index in [1.807, 2.05) is 0 Å². The number of carbonyl (C=O) groups excluding carboxylic acids is 1. The van der Waals surface area contributed by atoms with Crippen molar-refractivity contribution in [3.8, 4) is 0 Å². The van der Waals surface area contributed by atoms with Crippen LogP contribution in [0.4, 0.5) is 0 Å². The van der Waals surface area contributed by atoms with E-state index in [1.54, 1.807) is 0 Å². The molecular weight excluding hydrogens is 318 g/mol. The van der Waals surface area contributed by atoms with E-state index in [2.05, 4.69) is 36.3 Å². The normalized spacial score (nSPS) is 41.2. The third kappa shape index (κ3) is 2.17. The second-order valence-corrected chi connectivity index (χ2v) is 11.4. The zero-order valence-electron chi connectivity index (χ0n) is 15.0. The van der Waals surface area contributed by atoms with Crippen LogP contribution in [0.15, 0.2) is 20.6 Å². The maximum absolute atomic E-state index is 13.2. The summed E-state index contributed by atoms with van der Waals surface area (Å²) in [5, 5.41) is 0. The number of nitrogens with one attached hydrogen (secondary N) is 1. The van der Waals surface area contributed by atoms with Crippen molar-refractivity contribution in [1.82, 2.24) is 3.80 Å². The second kappa shape index (κ2) is 5.26. The van der Waals surface area contributed by atoms with Crippen molar-refractivity contribution < 1.29 is 22.5 Å². The Morgan fingerprint density at radius 2 is 1.74 bits per heavy atom. The minimum absolute atomic E-state index is 0.00263. The summed E-state index contributed by atoms with van der Waals surface area (Å²) in [5.41, 5.74) is 4.31. The number of allylic oxidation sites excluding steroid dienone is 4. The van der Waals surface area contributed by atoms with Gasteiger partial charge in [-0.25, -0.2) is 0 Å². The molecule has 5 rings (SSSR count). The second-order valence-electron chi connectivity index (χ2n) is 8.70. The maximum atomic E-state index is 13.2. The monoisotopic (exact) mass is 347 g/mol. The Hall–Kier alpha value is -0.466. The van der Waals surface area contributed by atoms with E-state index in [4.69, 9.17) is 0 Å². The van der Waals surface area contributed by atoms with Crippen LogP contribution in [0.2, 0.25) is 0 Å². The first-order valence-corrected chi connectivity index (χ1v) is 11.9. The van der Waals surface area contributed by atoms with Gasteiger partial charge in [0.1, 0.15) is 0 Å². The quantitative estimate of drug-likeness (QED) is 0.764. The average Bonchev–Trinajstić information content (AvgIpc) is 2.98. The van der Waals surface area contributed by atoms with Crippen LogP contribution in [-0.4, -0.2) is 10.7 Å². The van der Waals surface area contributed by atoms with Crippen molar-refractivity contribution in [1.29, 1.82) is 0 Å². The molecule has 0 radical (unpaired) electrons. The molecule has 3 unspecified atom stereocenters. The number of hydrogen-bond acceptors (Lipinski definition) is 1. The number of carbonyl (C=O) groups is 1. The van der Waals surface area contributed by atoms with Gasteiger partial charge in [-0.2, -0.15) is 0 Å². The molecule has 23 heavy (non-hydrogen) atoms. The summed E-state index contributed by atoms with van der Waals surface area (Å²) < 4.78 is 4.99. The van der Waals surface area contributed by atoms with Crippen LogP contribution >= 0.6 is 0 Å². The van der Waals surface area contributed by atoms with Gasteiger partial charge in [0.2, 0.25) is 0 Å². The topological polar surface area (TPSA) is 29.1 Å². The molecule has 1 amide bonds. The van der Waals surface area contributed by atoms with E-state index < -0.39 is 17.7 Å². The number of rotatable bonds is 3. The Morgan fingerprint density at radius 3 is 2.26 bits per heavy atom. The van der Waals surface area contributed by atoms with Crippen LogP contribution in [0.25, 0.3) is 0 Å². The molecule has 4 bridgehead atoms. The van der Waals surface area contributed by atoms with E-state index in [1.165, 1.54) is 39.9 Å². The summed E-state index contributed by atoms with van der Waals surface area (Å²) in [6.07, 6.45) is 6.34. The third-order valence-electron chi connectivity index (χ3n) is 7.67. The minimum atomic E-state index is -1.95. The van der Waals surface area contributed by atoms with Crippen molar-refractivity contribution in [2.24, 2.45) is 29.1 Å². The summed E-state index contributed by atoms with van der Waals surface area (Å²) in [4.78, 5) is 17.7. The van der Waals surface area contributed by atoms with Gasteiger partial charge in [0.15, 0.2) is 0 Å². The summed E-state index contributed by atoms with van der Waals surface area (Å²) in [6, 6.07) is 0. The fraction of sp³-hybridized carbons (Fsp3) is 0.700. The predicted molar refractivity (Wildman–Crippen MR) is 91.5 cm³/mol. The SMILES string of the molecule is [CH2]=[Ti]([NH]C(=O)C12CC3CC(CC1C3)C2)[C]1=C(C)C(C)=C(C)C1C. The van der Waals surface area contributed by atoms with Crippen molar-refractivity contribution >= 4 is 10.7 Å². The molecule has 0 aliphatic heterocycles. The molecule has 0 aromatic rings. The van der Waals surface area contributed by atoms with Gasteiger partial charge in [-0.1, -0.05) is 0 Å². The molecule has 0 heterocycles. The average molecular weight is 347 g/mol. The van der Waals surface area contributed by atoms with Gasteiger partial charge in [-0.05, 0) is 0 Å². The number of amides is 1. The Kier molecular flexibility index (Phi) is 3.67. The molecular formula is C20H29NOTi. The number of hydrogen-bond donors (Lipinski definition) is 1. The molecule has 0 aromatic heterocycles. The zero-order valence-corrected chi connectivity index (χ0v) is 16.5. The molecule has 3 atom stereocenters. The van der Waals surface area contributed by atoms with Crippen LogP contribution < -0.4 is 3.80 Å². The van der Waals surface area contributed by atoms with Crippen molar-refractivity contribution in [2.75, 3.05) is 0 Å². The van der Waals surface area contributed by atoms with Gasteiger partial charge in [0.05, 0.1) is 0 Å². The van der Waals surface area contributed by atoms with Gasteiger partial charge in [0, 0.05) is 0 Å².